The van der Waals surface area contributed by atoms with Crippen LogP contribution in [-0.2, 0) is 6.42 Å². The van der Waals surface area contributed by atoms with Crippen molar-refractivity contribution in [2.24, 2.45) is 0 Å². The predicted octanol–water partition coefficient (Wildman–Crippen LogP) is 3.62. The van der Waals surface area contributed by atoms with Crippen LogP contribution in [0, 0.1) is 0 Å². The lowest BCUT2D eigenvalue weighted by atomic mass is 10.0. The SMILES string of the molecule is CCCCCCc1ccccc1C=O. The Kier molecular flexibility index (Phi) is 4.98. The van der Waals surface area contributed by atoms with E-state index in [0.29, 0.717) is 0 Å². The summed E-state index contributed by atoms with van der Waals surface area (Å²) >= 11 is 0. The molecule has 14 heavy (non-hydrogen) atoms. The fourth-order valence-corrected chi connectivity index (χ4v) is 1.62. The molecule has 1 aromatic rings. The van der Waals surface area contributed by atoms with Gasteiger partial charge >= 0.3 is 0 Å². The van der Waals surface area contributed by atoms with E-state index >= 15 is 0 Å². The number of hydrogen-bond acceptors (Lipinski definition) is 1. The Morgan fingerprint density at radius 3 is 2.64 bits per heavy atom. The second-order valence-electron chi connectivity index (χ2n) is 3.63. The lowest BCUT2D eigenvalue weighted by Gasteiger charge is -2.03. The van der Waals surface area contributed by atoms with Crippen LogP contribution < -0.4 is 0 Å². The molecule has 0 N–H and O–H groups in total. The van der Waals surface area contributed by atoms with Crippen molar-refractivity contribution in [2.45, 2.75) is 39.0 Å². The molecule has 0 saturated carbocycles. The van der Waals surface area contributed by atoms with Crippen LogP contribution in [0.3, 0.4) is 0 Å². The van der Waals surface area contributed by atoms with Crippen LogP contribution >= 0.6 is 0 Å². The van der Waals surface area contributed by atoms with Crippen LogP contribution in [0.15, 0.2) is 24.3 Å². The predicted molar refractivity (Wildman–Crippen MR) is 59.7 cm³/mol. The Labute approximate surface area is 86.1 Å². The van der Waals surface area contributed by atoms with Crippen molar-refractivity contribution >= 4 is 6.29 Å². The molecule has 1 aromatic carbocycles. The molecule has 1 rings (SSSR count). The maximum Gasteiger partial charge on any atom is 0.150 e. The van der Waals surface area contributed by atoms with E-state index in [1.54, 1.807) is 0 Å². The third-order valence-corrected chi connectivity index (χ3v) is 2.48. The molecule has 0 spiro atoms. The van der Waals surface area contributed by atoms with Crippen molar-refractivity contribution in [1.29, 1.82) is 0 Å². The van der Waals surface area contributed by atoms with Crippen LogP contribution in [0.4, 0.5) is 0 Å². The molecule has 1 nitrogen and oxygen atoms in total. The molecule has 76 valence electrons. The molecule has 0 amide bonds. The molecule has 0 fully saturated rings. The average molecular weight is 190 g/mol. The number of carbonyl (C=O) groups excluding carboxylic acids is 1. The minimum atomic E-state index is 0.851. The van der Waals surface area contributed by atoms with Crippen LogP contribution in [-0.4, -0.2) is 6.29 Å². The number of unbranched alkanes of at least 4 members (excludes halogenated alkanes) is 3. The Balaban J connectivity index is 2.45. The molecule has 0 atom stereocenters. The van der Waals surface area contributed by atoms with E-state index in [-0.39, 0.29) is 0 Å². The molecule has 0 saturated heterocycles. The number of aryl methyl sites for hydroxylation is 1. The van der Waals surface area contributed by atoms with Gasteiger partial charge in [0.25, 0.3) is 0 Å². The highest BCUT2D eigenvalue weighted by atomic mass is 16.1. The molecule has 0 heterocycles. The van der Waals surface area contributed by atoms with Gasteiger partial charge in [0.05, 0.1) is 0 Å². The van der Waals surface area contributed by atoms with Crippen LogP contribution in [0.2, 0.25) is 0 Å². The van der Waals surface area contributed by atoms with Crippen LogP contribution in [0.25, 0.3) is 0 Å². The fourth-order valence-electron chi connectivity index (χ4n) is 1.62. The normalized spacial score (nSPS) is 10.1. The fraction of sp³-hybridized carbons (Fsp3) is 0.462. The van der Waals surface area contributed by atoms with E-state index in [4.69, 9.17) is 0 Å². The van der Waals surface area contributed by atoms with Gasteiger partial charge in [-0.05, 0) is 18.4 Å². The quantitative estimate of drug-likeness (QED) is 0.494. The van der Waals surface area contributed by atoms with E-state index in [2.05, 4.69) is 13.0 Å². The van der Waals surface area contributed by atoms with E-state index < -0.39 is 0 Å². The highest BCUT2D eigenvalue weighted by molar-refractivity contribution is 5.77. The monoisotopic (exact) mass is 190 g/mol. The Hall–Kier alpha value is -1.11. The Morgan fingerprint density at radius 1 is 1.14 bits per heavy atom. The number of hydrogen-bond donors (Lipinski definition) is 0. The topological polar surface area (TPSA) is 17.1 Å². The lowest BCUT2D eigenvalue weighted by molar-refractivity contribution is 0.112. The van der Waals surface area contributed by atoms with Gasteiger partial charge in [0, 0.05) is 5.56 Å². The molecule has 0 aliphatic rings. The summed E-state index contributed by atoms with van der Waals surface area (Å²) in [6.45, 7) is 2.21. The second kappa shape index (κ2) is 6.36. The Bertz CT molecular complexity index is 278. The van der Waals surface area contributed by atoms with E-state index in [1.165, 1.54) is 31.2 Å². The maximum absolute atomic E-state index is 10.7. The summed E-state index contributed by atoms with van der Waals surface area (Å²) in [5.41, 5.74) is 2.04. The number of rotatable bonds is 6. The minimum Gasteiger partial charge on any atom is -0.298 e. The van der Waals surface area contributed by atoms with E-state index in [0.717, 1.165) is 18.3 Å². The summed E-state index contributed by atoms with van der Waals surface area (Å²) < 4.78 is 0. The summed E-state index contributed by atoms with van der Waals surface area (Å²) in [6.07, 6.45) is 7.00. The number of benzene rings is 1. The summed E-state index contributed by atoms with van der Waals surface area (Å²) in [5, 5.41) is 0. The number of aldehydes is 1. The van der Waals surface area contributed by atoms with Gasteiger partial charge in [-0.3, -0.25) is 4.79 Å². The molecule has 0 bridgehead atoms. The van der Waals surface area contributed by atoms with Crippen molar-refractivity contribution < 1.29 is 4.79 Å². The Morgan fingerprint density at radius 2 is 1.93 bits per heavy atom. The average Bonchev–Trinajstić information content (AvgIpc) is 2.25. The van der Waals surface area contributed by atoms with Gasteiger partial charge in [0.15, 0.2) is 0 Å². The molecule has 0 radical (unpaired) electrons. The van der Waals surface area contributed by atoms with Crippen molar-refractivity contribution in [1.82, 2.24) is 0 Å². The molecule has 0 unspecified atom stereocenters. The minimum absolute atomic E-state index is 0.851. The standard InChI is InChI=1S/C13H18O/c1-2-3-4-5-8-12-9-6-7-10-13(12)11-14/h6-7,9-11H,2-5,8H2,1H3. The van der Waals surface area contributed by atoms with Crippen LogP contribution in [0.1, 0.15) is 48.5 Å². The third-order valence-electron chi connectivity index (χ3n) is 2.48. The maximum atomic E-state index is 10.7. The molecule has 0 aliphatic carbocycles. The molecular formula is C13H18O. The third kappa shape index (κ3) is 3.33. The van der Waals surface area contributed by atoms with Crippen molar-refractivity contribution in [3.8, 4) is 0 Å². The molecule has 0 aromatic heterocycles. The largest absolute Gasteiger partial charge is 0.298 e. The van der Waals surface area contributed by atoms with Crippen LogP contribution in [0.5, 0.6) is 0 Å². The van der Waals surface area contributed by atoms with Gasteiger partial charge in [-0.15, -0.1) is 0 Å². The van der Waals surface area contributed by atoms with Gasteiger partial charge < -0.3 is 0 Å². The zero-order valence-corrected chi connectivity index (χ0v) is 8.83. The van der Waals surface area contributed by atoms with Gasteiger partial charge in [-0.25, -0.2) is 0 Å². The van der Waals surface area contributed by atoms with Crippen molar-refractivity contribution in [2.75, 3.05) is 0 Å². The number of carbonyl (C=O) groups is 1. The van der Waals surface area contributed by atoms with Crippen molar-refractivity contribution in [3.05, 3.63) is 35.4 Å². The highest BCUT2D eigenvalue weighted by Crippen LogP contribution is 2.11. The first kappa shape index (κ1) is 11.0. The van der Waals surface area contributed by atoms with Gasteiger partial charge in [-0.2, -0.15) is 0 Å². The van der Waals surface area contributed by atoms with Gasteiger partial charge in [0.1, 0.15) is 6.29 Å². The van der Waals surface area contributed by atoms with Gasteiger partial charge in [0.2, 0.25) is 0 Å². The first-order valence-corrected chi connectivity index (χ1v) is 5.41. The molecule has 0 aliphatic heterocycles. The molecule has 1 heteroatoms. The molecular weight excluding hydrogens is 172 g/mol. The van der Waals surface area contributed by atoms with Gasteiger partial charge in [-0.1, -0.05) is 50.5 Å². The smallest absolute Gasteiger partial charge is 0.150 e. The first-order chi connectivity index (χ1) is 6.88. The summed E-state index contributed by atoms with van der Waals surface area (Å²) in [6, 6.07) is 7.86. The highest BCUT2D eigenvalue weighted by Gasteiger charge is 1.99. The summed E-state index contributed by atoms with van der Waals surface area (Å²) in [4.78, 5) is 10.7. The lowest BCUT2D eigenvalue weighted by Crippen LogP contribution is -1.92. The zero-order valence-electron chi connectivity index (χ0n) is 8.83. The van der Waals surface area contributed by atoms with E-state index in [1.807, 2.05) is 18.2 Å². The summed E-state index contributed by atoms with van der Waals surface area (Å²) in [7, 11) is 0. The summed E-state index contributed by atoms with van der Waals surface area (Å²) in [5.74, 6) is 0. The van der Waals surface area contributed by atoms with E-state index in [9.17, 15) is 4.79 Å². The van der Waals surface area contributed by atoms with Crippen molar-refractivity contribution in [3.63, 3.8) is 0 Å². The second-order valence-corrected chi connectivity index (χ2v) is 3.63. The first-order valence-electron chi connectivity index (χ1n) is 5.41. The zero-order chi connectivity index (χ0) is 10.2.